The highest BCUT2D eigenvalue weighted by Crippen LogP contribution is 2.34. The molecule has 0 aliphatic carbocycles. The number of aromatic nitrogens is 2. The molecule has 0 aliphatic heterocycles. The molecule has 19 heavy (non-hydrogen) atoms. The highest BCUT2D eigenvalue weighted by Gasteiger charge is 2.17. The largest absolute Gasteiger partial charge is 0.496 e. The van der Waals surface area contributed by atoms with Gasteiger partial charge in [-0.2, -0.15) is 5.10 Å². The molecular formula is C14H17N3O2. The lowest BCUT2D eigenvalue weighted by molar-refractivity contribution is -0.115. The smallest absolute Gasteiger partial charge is 0.224 e. The van der Waals surface area contributed by atoms with Crippen LogP contribution in [0.4, 0.5) is 5.69 Å². The molecule has 0 saturated carbocycles. The van der Waals surface area contributed by atoms with Crippen molar-refractivity contribution in [3.05, 3.63) is 30.0 Å². The first-order chi connectivity index (χ1) is 9.17. The first kappa shape index (κ1) is 13.1. The Labute approximate surface area is 112 Å². The minimum atomic E-state index is -0.0411. The molecule has 0 unspecified atom stereocenters. The van der Waals surface area contributed by atoms with Crippen molar-refractivity contribution < 1.29 is 9.53 Å². The number of hydrogen-bond donors (Lipinski definition) is 2. The number of methoxy groups -OCH3 is 1. The van der Waals surface area contributed by atoms with E-state index in [0.29, 0.717) is 17.8 Å². The van der Waals surface area contributed by atoms with E-state index in [1.807, 2.05) is 38.1 Å². The lowest BCUT2D eigenvalue weighted by Crippen LogP contribution is -2.10. The third kappa shape index (κ3) is 2.59. The van der Waals surface area contributed by atoms with Gasteiger partial charge in [0.15, 0.2) is 0 Å². The van der Waals surface area contributed by atoms with Crippen molar-refractivity contribution in [3.63, 3.8) is 0 Å². The van der Waals surface area contributed by atoms with Crippen molar-refractivity contribution in [2.45, 2.75) is 20.3 Å². The van der Waals surface area contributed by atoms with Gasteiger partial charge < -0.3 is 10.1 Å². The molecule has 1 heterocycles. The van der Waals surface area contributed by atoms with E-state index in [1.165, 1.54) is 0 Å². The summed E-state index contributed by atoms with van der Waals surface area (Å²) in [6.07, 6.45) is 0.427. The van der Waals surface area contributed by atoms with Crippen LogP contribution in [0.5, 0.6) is 5.75 Å². The summed E-state index contributed by atoms with van der Waals surface area (Å²) in [6.45, 7) is 3.69. The van der Waals surface area contributed by atoms with Crippen LogP contribution in [0.2, 0.25) is 0 Å². The van der Waals surface area contributed by atoms with E-state index in [9.17, 15) is 4.79 Å². The molecule has 2 N–H and O–H groups in total. The van der Waals surface area contributed by atoms with E-state index in [0.717, 1.165) is 17.0 Å². The predicted molar refractivity (Wildman–Crippen MR) is 74.2 cm³/mol. The van der Waals surface area contributed by atoms with E-state index < -0.39 is 0 Å². The monoisotopic (exact) mass is 259 g/mol. The molecular weight excluding hydrogens is 242 g/mol. The van der Waals surface area contributed by atoms with Gasteiger partial charge in [0, 0.05) is 12.0 Å². The maximum absolute atomic E-state index is 11.6. The van der Waals surface area contributed by atoms with Gasteiger partial charge in [-0.15, -0.1) is 0 Å². The Kier molecular flexibility index (Phi) is 3.85. The zero-order valence-electron chi connectivity index (χ0n) is 11.3. The number of amides is 1. The number of H-pyrrole nitrogens is 1. The molecule has 5 heteroatoms. The third-order valence-electron chi connectivity index (χ3n) is 2.89. The SMILES string of the molecule is CCC(=O)Nc1c(-c2ccccc2OC)n[nH]c1C. The molecule has 5 nitrogen and oxygen atoms in total. The Morgan fingerprint density at radius 2 is 2.16 bits per heavy atom. The minimum Gasteiger partial charge on any atom is -0.496 e. The molecule has 0 spiro atoms. The molecule has 0 aliphatic rings. The summed E-state index contributed by atoms with van der Waals surface area (Å²) in [7, 11) is 1.61. The number of carbonyl (C=O) groups excluding carboxylic acids is 1. The van der Waals surface area contributed by atoms with E-state index in [-0.39, 0.29) is 5.91 Å². The normalized spacial score (nSPS) is 10.3. The molecule has 0 atom stereocenters. The van der Waals surface area contributed by atoms with Gasteiger partial charge in [0.05, 0.1) is 18.5 Å². The second kappa shape index (κ2) is 5.56. The maximum atomic E-state index is 11.6. The summed E-state index contributed by atoms with van der Waals surface area (Å²) in [5.41, 5.74) is 3.07. The van der Waals surface area contributed by atoms with Gasteiger partial charge in [0.2, 0.25) is 5.91 Å². The number of aromatic amines is 1. The number of ether oxygens (including phenoxy) is 1. The van der Waals surface area contributed by atoms with Crippen molar-refractivity contribution >= 4 is 11.6 Å². The second-order valence-corrected chi connectivity index (χ2v) is 4.17. The Morgan fingerprint density at radius 3 is 2.84 bits per heavy atom. The summed E-state index contributed by atoms with van der Waals surface area (Å²) in [6, 6.07) is 7.58. The van der Waals surface area contributed by atoms with Crippen LogP contribution < -0.4 is 10.1 Å². The van der Waals surface area contributed by atoms with Crippen LogP contribution in [0.1, 0.15) is 19.0 Å². The highest BCUT2D eigenvalue weighted by atomic mass is 16.5. The zero-order valence-corrected chi connectivity index (χ0v) is 11.3. The number of rotatable bonds is 4. The fraction of sp³-hybridized carbons (Fsp3) is 0.286. The molecule has 0 fully saturated rings. The van der Waals surface area contributed by atoms with Crippen LogP contribution in [-0.2, 0) is 4.79 Å². The molecule has 1 aromatic carbocycles. The first-order valence-corrected chi connectivity index (χ1v) is 6.15. The molecule has 0 radical (unpaired) electrons. The van der Waals surface area contributed by atoms with E-state index >= 15 is 0 Å². The van der Waals surface area contributed by atoms with Crippen molar-refractivity contribution in [1.82, 2.24) is 10.2 Å². The summed E-state index contributed by atoms with van der Waals surface area (Å²) < 4.78 is 5.33. The van der Waals surface area contributed by atoms with Gasteiger partial charge >= 0.3 is 0 Å². The highest BCUT2D eigenvalue weighted by molar-refractivity contribution is 5.95. The summed E-state index contributed by atoms with van der Waals surface area (Å²) in [4.78, 5) is 11.6. The summed E-state index contributed by atoms with van der Waals surface area (Å²) in [5, 5.41) is 10.0. The number of anilines is 1. The summed E-state index contributed by atoms with van der Waals surface area (Å²) >= 11 is 0. The van der Waals surface area contributed by atoms with Crippen LogP contribution in [-0.4, -0.2) is 23.2 Å². The van der Waals surface area contributed by atoms with Crippen molar-refractivity contribution in [1.29, 1.82) is 0 Å². The van der Waals surface area contributed by atoms with Crippen LogP contribution in [0.25, 0.3) is 11.3 Å². The Balaban J connectivity index is 2.48. The van der Waals surface area contributed by atoms with Crippen LogP contribution in [0.15, 0.2) is 24.3 Å². The number of para-hydroxylation sites is 1. The van der Waals surface area contributed by atoms with Gasteiger partial charge in [-0.25, -0.2) is 0 Å². The Hall–Kier alpha value is -2.30. The fourth-order valence-electron chi connectivity index (χ4n) is 1.85. The molecule has 2 aromatic rings. The van der Waals surface area contributed by atoms with Crippen LogP contribution >= 0.6 is 0 Å². The van der Waals surface area contributed by atoms with Crippen molar-refractivity contribution in [2.24, 2.45) is 0 Å². The van der Waals surface area contributed by atoms with E-state index in [1.54, 1.807) is 7.11 Å². The third-order valence-corrected chi connectivity index (χ3v) is 2.89. The van der Waals surface area contributed by atoms with Crippen LogP contribution in [0, 0.1) is 6.92 Å². The van der Waals surface area contributed by atoms with Crippen molar-refractivity contribution in [2.75, 3.05) is 12.4 Å². The molecule has 0 saturated heterocycles. The van der Waals surface area contributed by atoms with Crippen LogP contribution in [0.3, 0.4) is 0 Å². The number of carbonyl (C=O) groups is 1. The lowest BCUT2D eigenvalue weighted by atomic mass is 10.1. The topological polar surface area (TPSA) is 67.0 Å². The number of nitrogens with zero attached hydrogens (tertiary/aromatic N) is 1. The number of nitrogens with one attached hydrogen (secondary N) is 2. The van der Waals surface area contributed by atoms with Gasteiger partial charge in [-0.1, -0.05) is 19.1 Å². The molecule has 1 aromatic heterocycles. The number of aryl methyl sites for hydroxylation is 1. The average Bonchev–Trinajstić information content (AvgIpc) is 2.80. The maximum Gasteiger partial charge on any atom is 0.224 e. The van der Waals surface area contributed by atoms with Gasteiger partial charge in [-0.3, -0.25) is 9.89 Å². The number of benzene rings is 1. The predicted octanol–water partition coefficient (Wildman–Crippen LogP) is 2.74. The van der Waals surface area contributed by atoms with Gasteiger partial charge in [-0.05, 0) is 19.1 Å². The zero-order chi connectivity index (χ0) is 13.8. The molecule has 2 rings (SSSR count). The number of hydrogen-bond acceptors (Lipinski definition) is 3. The first-order valence-electron chi connectivity index (χ1n) is 6.15. The van der Waals surface area contributed by atoms with Gasteiger partial charge in [0.1, 0.15) is 11.4 Å². The fourth-order valence-corrected chi connectivity index (χ4v) is 1.85. The van der Waals surface area contributed by atoms with Crippen molar-refractivity contribution in [3.8, 4) is 17.0 Å². The Bertz CT molecular complexity index is 590. The van der Waals surface area contributed by atoms with E-state index in [4.69, 9.17) is 4.74 Å². The molecule has 0 bridgehead atoms. The summed E-state index contributed by atoms with van der Waals surface area (Å²) in [5.74, 6) is 0.682. The van der Waals surface area contributed by atoms with E-state index in [2.05, 4.69) is 15.5 Å². The lowest BCUT2D eigenvalue weighted by Gasteiger charge is -2.09. The molecule has 1 amide bonds. The molecule has 100 valence electrons. The standard InChI is InChI=1S/C14H17N3O2/c1-4-12(18)15-13-9(2)16-17-14(13)10-7-5-6-8-11(10)19-3/h5-8H,4H2,1-3H3,(H,15,18)(H,16,17). The van der Waals surface area contributed by atoms with Gasteiger partial charge in [0.25, 0.3) is 0 Å². The minimum absolute atomic E-state index is 0.0411. The average molecular weight is 259 g/mol. The quantitative estimate of drug-likeness (QED) is 0.887. The second-order valence-electron chi connectivity index (χ2n) is 4.17. The Morgan fingerprint density at radius 1 is 1.42 bits per heavy atom.